The van der Waals surface area contributed by atoms with E-state index in [0.29, 0.717) is 23.7 Å². The van der Waals surface area contributed by atoms with Crippen LogP contribution in [-0.4, -0.2) is 76.2 Å². The van der Waals surface area contributed by atoms with Crippen molar-refractivity contribution in [3.05, 3.63) is 48.5 Å². The molecule has 5 rings (SSSR count). The highest BCUT2D eigenvalue weighted by molar-refractivity contribution is 5.90. The Balaban J connectivity index is 1.18. The van der Waals surface area contributed by atoms with Crippen LogP contribution in [0.15, 0.2) is 48.5 Å². The molecule has 0 bridgehead atoms. The topological polar surface area (TPSA) is 71.2 Å². The van der Waals surface area contributed by atoms with Gasteiger partial charge in [-0.3, -0.25) is 0 Å². The summed E-state index contributed by atoms with van der Waals surface area (Å²) in [6.45, 7) is 3.35. The smallest absolute Gasteiger partial charge is 0.321 e. The second kappa shape index (κ2) is 17.8. The molecule has 3 aliphatic carbocycles. The van der Waals surface area contributed by atoms with Crippen molar-refractivity contribution in [1.82, 2.24) is 9.80 Å². The molecule has 0 heterocycles. The van der Waals surface area contributed by atoms with Gasteiger partial charge in [-0.05, 0) is 124 Å². The SMILES string of the molecule is CN(C)c1ccc(NC(=O)N(CC2CCCCC2)CC2CCC(CN(CC3CCCCC3)C(=O)Nc3ccc(N(C)C)cc3)CC2)cc1. The van der Waals surface area contributed by atoms with Gasteiger partial charge in [-0.2, -0.15) is 0 Å². The van der Waals surface area contributed by atoms with Gasteiger partial charge in [0.2, 0.25) is 0 Å². The lowest BCUT2D eigenvalue weighted by Crippen LogP contribution is -2.44. The summed E-state index contributed by atoms with van der Waals surface area (Å²) >= 11 is 0. The molecule has 3 saturated carbocycles. The molecule has 264 valence electrons. The van der Waals surface area contributed by atoms with Crippen molar-refractivity contribution in [1.29, 1.82) is 0 Å². The van der Waals surface area contributed by atoms with Gasteiger partial charge >= 0.3 is 12.1 Å². The predicted molar refractivity (Wildman–Crippen MR) is 201 cm³/mol. The van der Waals surface area contributed by atoms with E-state index in [-0.39, 0.29) is 12.1 Å². The Morgan fingerprint density at radius 1 is 0.479 bits per heavy atom. The number of amides is 4. The van der Waals surface area contributed by atoms with Crippen LogP contribution in [0.3, 0.4) is 0 Å². The van der Waals surface area contributed by atoms with Crippen molar-refractivity contribution in [3.63, 3.8) is 0 Å². The molecule has 3 aliphatic rings. The number of hydrogen-bond donors (Lipinski definition) is 2. The van der Waals surface area contributed by atoms with E-state index in [1.807, 2.05) is 52.5 Å². The summed E-state index contributed by atoms with van der Waals surface area (Å²) in [5.41, 5.74) is 3.95. The lowest BCUT2D eigenvalue weighted by molar-refractivity contribution is 0.141. The Morgan fingerprint density at radius 3 is 1.06 bits per heavy atom. The fraction of sp³-hybridized carbons (Fsp3) is 0.650. The maximum atomic E-state index is 13.7. The van der Waals surface area contributed by atoms with Crippen LogP contribution in [0.1, 0.15) is 89.9 Å². The largest absolute Gasteiger partial charge is 0.378 e. The highest BCUT2D eigenvalue weighted by Gasteiger charge is 2.30. The molecule has 3 fully saturated rings. The number of carbonyl (C=O) groups is 2. The summed E-state index contributed by atoms with van der Waals surface area (Å²) in [6.07, 6.45) is 17.1. The monoisotopic (exact) mass is 658 g/mol. The first-order valence-electron chi connectivity index (χ1n) is 18.9. The minimum Gasteiger partial charge on any atom is -0.378 e. The third kappa shape index (κ3) is 10.8. The van der Waals surface area contributed by atoms with Gasteiger partial charge in [0.05, 0.1) is 0 Å². The third-order valence-electron chi connectivity index (χ3n) is 11.2. The fourth-order valence-corrected chi connectivity index (χ4v) is 8.15. The summed E-state index contributed by atoms with van der Waals surface area (Å²) in [4.78, 5) is 35.8. The normalized spacial score (nSPS) is 20.5. The van der Waals surface area contributed by atoms with E-state index in [9.17, 15) is 9.59 Å². The number of urea groups is 2. The van der Waals surface area contributed by atoms with Crippen LogP contribution in [0.25, 0.3) is 0 Å². The lowest BCUT2D eigenvalue weighted by atomic mass is 9.81. The van der Waals surface area contributed by atoms with Crippen LogP contribution in [0, 0.1) is 23.7 Å². The predicted octanol–water partition coefficient (Wildman–Crippen LogP) is 9.15. The van der Waals surface area contributed by atoms with Gasteiger partial charge in [-0.25, -0.2) is 9.59 Å². The number of carbonyl (C=O) groups excluding carboxylic acids is 2. The van der Waals surface area contributed by atoms with Crippen LogP contribution in [0.4, 0.5) is 32.3 Å². The molecule has 2 aromatic rings. The number of benzene rings is 2. The van der Waals surface area contributed by atoms with E-state index in [4.69, 9.17) is 0 Å². The van der Waals surface area contributed by atoms with Crippen molar-refractivity contribution in [2.75, 3.05) is 74.8 Å². The Kier molecular flexibility index (Phi) is 13.3. The molecular formula is C40H62N6O2. The maximum absolute atomic E-state index is 13.7. The Bertz CT molecular complexity index is 1160. The van der Waals surface area contributed by atoms with Crippen molar-refractivity contribution in [2.45, 2.75) is 89.9 Å². The third-order valence-corrected chi connectivity index (χ3v) is 11.2. The number of rotatable bonds is 12. The summed E-state index contributed by atoms with van der Waals surface area (Å²) in [5.74, 6) is 2.20. The van der Waals surface area contributed by atoms with Gasteiger partial charge in [0.25, 0.3) is 0 Å². The van der Waals surface area contributed by atoms with Crippen molar-refractivity contribution >= 4 is 34.8 Å². The first-order valence-corrected chi connectivity index (χ1v) is 18.9. The fourth-order valence-electron chi connectivity index (χ4n) is 8.15. The molecule has 0 aromatic heterocycles. The van der Waals surface area contributed by atoms with Crippen LogP contribution in [0.5, 0.6) is 0 Å². The van der Waals surface area contributed by atoms with E-state index in [0.717, 1.165) is 74.6 Å². The van der Waals surface area contributed by atoms with Crippen molar-refractivity contribution in [2.24, 2.45) is 23.7 Å². The maximum Gasteiger partial charge on any atom is 0.321 e. The highest BCUT2D eigenvalue weighted by Crippen LogP contribution is 2.33. The van der Waals surface area contributed by atoms with E-state index in [1.54, 1.807) is 0 Å². The van der Waals surface area contributed by atoms with Gasteiger partial charge < -0.3 is 30.2 Å². The van der Waals surface area contributed by atoms with Gasteiger partial charge in [-0.1, -0.05) is 38.5 Å². The van der Waals surface area contributed by atoms with E-state index in [2.05, 4.69) is 54.5 Å². The van der Waals surface area contributed by atoms with Crippen molar-refractivity contribution in [3.8, 4) is 0 Å². The molecule has 48 heavy (non-hydrogen) atoms. The zero-order chi connectivity index (χ0) is 33.9. The van der Waals surface area contributed by atoms with Crippen LogP contribution in [-0.2, 0) is 0 Å². The Labute approximate surface area is 290 Å². The van der Waals surface area contributed by atoms with Crippen molar-refractivity contribution < 1.29 is 9.59 Å². The summed E-state index contributed by atoms with van der Waals surface area (Å²) in [6, 6.07) is 16.3. The van der Waals surface area contributed by atoms with Gasteiger partial charge in [0.1, 0.15) is 0 Å². The molecule has 0 spiro atoms. The van der Waals surface area contributed by atoms with Crippen LogP contribution >= 0.6 is 0 Å². The first kappa shape index (κ1) is 35.9. The van der Waals surface area contributed by atoms with Gasteiger partial charge in [0.15, 0.2) is 0 Å². The summed E-state index contributed by atoms with van der Waals surface area (Å²) < 4.78 is 0. The van der Waals surface area contributed by atoms with E-state index < -0.39 is 0 Å². The molecule has 0 atom stereocenters. The first-order chi connectivity index (χ1) is 23.2. The molecule has 2 aromatic carbocycles. The zero-order valence-electron chi connectivity index (χ0n) is 30.3. The molecule has 0 aliphatic heterocycles. The molecule has 0 unspecified atom stereocenters. The minimum atomic E-state index is 0.0363. The number of nitrogens with zero attached hydrogens (tertiary/aromatic N) is 4. The van der Waals surface area contributed by atoms with E-state index in [1.165, 1.54) is 64.2 Å². The summed E-state index contributed by atoms with van der Waals surface area (Å²) in [7, 11) is 8.12. The minimum absolute atomic E-state index is 0.0363. The zero-order valence-corrected chi connectivity index (χ0v) is 30.3. The molecule has 0 saturated heterocycles. The van der Waals surface area contributed by atoms with Gasteiger partial charge in [0, 0.05) is 77.1 Å². The number of hydrogen-bond acceptors (Lipinski definition) is 4. The van der Waals surface area contributed by atoms with Crippen LogP contribution < -0.4 is 20.4 Å². The van der Waals surface area contributed by atoms with Gasteiger partial charge in [-0.15, -0.1) is 0 Å². The second-order valence-electron chi connectivity index (χ2n) is 15.4. The molecule has 2 N–H and O–H groups in total. The molecular weight excluding hydrogens is 596 g/mol. The Hall–Kier alpha value is -3.42. The van der Waals surface area contributed by atoms with E-state index >= 15 is 0 Å². The number of anilines is 4. The average molecular weight is 659 g/mol. The summed E-state index contributed by atoms with van der Waals surface area (Å²) in [5, 5.41) is 6.43. The second-order valence-corrected chi connectivity index (χ2v) is 15.4. The average Bonchev–Trinajstić information content (AvgIpc) is 3.10. The van der Waals surface area contributed by atoms with Crippen LogP contribution in [0.2, 0.25) is 0 Å². The number of nitrogens with one attached hydrogen (secondary N) is 2. The molecule has 4 amide bonds. The quantitative estimate of drug-likeness (QED) is 0.239. The highest BCUT2D eigenvalue weighted by atomic mass is 16.2. The molecule has 0 radical (unpaired) electrons. The Morgan fingerprint density at radius 2 is 0.771 bits per heavy atom. The standard InChI is InChI=1S/C40H62N6O2/c1-43(2)37-23-19-35(20-24-37)41-39(47)45(27-31-11-7-5-8-12-31)29-33-15-17-34(18-16-33)30-46(28-32-13-9-6-10-14-32)40(48)42-36-21-25-38(26-22-36)44(3)4/h19-26,31-34H,5-18,27-30H2,1-4H3,(H,41,47)(H,42,48). The molecule has 8 heteroatoms. The lowest BCUT2D eigenvalue weighted by Gasteiger charge is -2.37. The molecule has 8 nitrogen and oxygen atoms in total.